The normalized spacial score (nSPS) is 12.9. The highest BCUT2D eigenvalue weighted by atomic mass is 79.9. The van der Waals surface area contributed by atoms with Crippen LogP contribution in [0.1, 0.15) is 22.3 Å². The highest BCUT2D eigenvalue weighted by Crippen LogP contribution is 2.39. The molecular formula is C10H7BrF6. The summed E-state index contributed by atoms with van der Waals surface area (Å²) in [6, 6.07) is 1.06. The molecule has 0 spiro atoms. The number of benzene rings is 1. The van der Waals surface area contributed by atoms with Gasteiger partial charge in [-0.2, -0.15) is 26.3 Å². The Morgan fingerprint density at radius 3 is 1.76 bits per heavy atom. The van der Waals surface area contributed by atoms with Gasteiger partial charge in [0.2, 0.25) is 0 Å². The zero-order valence-electron chi connectivity index (χ0n) is 8.51. The van der Waals surface area contributed by atoms with E-state index in [1.54, 1.807) is 0 Å². The predicted octanol–water partition coefficient (Wildman–Crippen LogP) is 4.93. The highest BCUT2D eigenvalue weighted by Gasteiger charge is 2.39. The van der Waals surface area contributed by atoms with E-state index in [1.807, 2.05) is 0 Å². The van der Waals surface area contributed by atoms with Crippen molar-refractivity contribution in [3.63, 3.8) is 0 Å². The van der Waals surface area contributed by atoms with Crippen molar-refractivity contribution in [2.45, 2.75) is 24.6 Å². The Morgan fingerprint density at radius 1 is 0.941 bits per heavy atom. The van der Waals surface area contributed by atoms with Crippen molar-refractivity contribution in [2.24, 2.45) is 0 Å². The first-order chi connectivity index (χ1) is 7.57. The molecule has 0 saturated heterocycles. The summed E-state index contributed by atoms with van der Waals surface area (Å²) < 4.78 is 75.1. The Balaban J connectivity index is 3.49. The number of hydrogen-bond acceptors (Lipinski definition) is 0. The molecule has 0 radical (unpaired) electrons. The van der Waals surface area contributed by atoms with Crippen LogP contribution in [0.2, 0.25) is 0 Å². The molecule has 0 aromatic heterocycles. The number of hydrogen-bond donors (Lipinski definition) is 0. The van der Waals surface area contributed by atoms with Gasteiger partial charge in [0, 0.05) is 5.33 Å². The third-order valence-corrected chi connectivity index (χ3v) is 2.81. The maximum atomic E-state index is 12.5. The lowest BCUT2D eigenvalue weighted by Gasteiger charge is -2.17. The van der Waals surface area contributed by atoms with E-state index in [9.17, 15) is 26.3 Å². The summed E-state index contributed by atoms with van der Waals surface area (Å²) in [6.07, 6.45) is -9.58. The van der Waals surface area contributed by atoms with E-state index in [0.29, 0.717) is 0 Å². The summed E-state index contributed by atoms with van der Waals surface area (Å²) in [4.78, 5) is 0. The molecule has 0 bridgehead atoms. The highest BCUT2D eigenvalue weighted by molar-refractivity contribution is 9.08. The van der Waals surface area contributed by atoms with E-state index in [1.165, 1.54) is 0 Å². The van der Waals surface area contributed by atoms with Gasteiger partial charge in [-0.1, -0.05) is 22.0 Å². The Labute approximate surface area is 102 Å². The molecule has 1 aromatic rings. The average Bonchev–Trinajstić information content (AvgIpc) is 2.13. The van der Waals surface area contributed by atoms with Gasteiger partial charge in [-0.3, -0.25) is 0 Å². The van der Waals surface area contributed by atoms with Crippen molar-refractivity contribution in [2.75, 3.05) is 0 Å². The van der Waals surface area contributed by atoms with Crippen LogP contribution in [0.15, 0.2) is 12.1 Å². The van der Waals surface area contributed by atoms with Gasteiger partial charge in [-0.15, -0.1) is 0 Å². The van der Waals surface area contributed by atoms with Gasteiger partial charge in [0.05, 0.1) is 11.1 Å². The van der Waals surface area contributed by atoms with E-state index in [2.05, 4.69) is 15.9 Å². The maximum Gasteiger partial charge on any atom is 0.416 e. The van der Waals surface area contributed by atoms with Crippen molar-refractivity contribution in [3.8, 4) is 0 Å². The average molecular weight is 321 g/mol. The van der Waals surface area contributed by atoms with Gasteiger partial charge >= 0.3 is 12.4 Å². The van der Waals surface area contributed by atoms with Crippen molar-refractivity contribution in [1.82, 2.24) is 0 Å². The standard InChI is InChI=1S/C10H7BrF6/c1-5-2-6(4-11)8(10(15,16)17)3-7(5)9(12,13)14/h2-3H,4H2,1H3. The second kappa shape index (κ2) is 4.51. The molecule has 0 atom stereocenters. The van der Waals surface area contributed by atoms with Crippen LogP contribution in [-0.4, -0.2) is 0 Å². The second-order valence-corrected chi connectivity index (χ2v) is 4.01. The fraction of sp³-hybridized carbons (Fsp3) is 0.400. The molecule has 0 N–H and O–H groups in total. The first kappa shape index (κ1) is 14.3. The molecule has 17 heavy (non-hydrogen) atoms. The van der Waals surface area contributed by atoms with E-state index in [-0.39, 0.29) is 22.5 Å². The fourth-order valence-corrected chi connectivity index (χ4v) is 1.91. The summed E-state index contributed by atoms with van der Waals surface area (Å²) in [7, 11) is 0. The first-order valence-corrected chi connectivity index (χ1v) is 5.53. The molecule has 0 saturated carbocycles. The topological polar surface area (TPSA) is 0 Å². The molecule has 1 rings (SSSR count). The molecule has 0 unspecified atom stereocenters. The Bertz CT molecular complexity index is 418. The zero-order chi connectivity index (χ0) is 13.4. The molecule has 0 aliphatic rings. The molecule has 0 aliphatic heterocycles. The van der Waals surface area contributed by atoms with Crippen molar-refractivity contribution in [1.29, 1.82) is 0 Å². The third-order valence-electron chi connectivity index (χ3n) is 2.20. The quantitative estimate of drug-likeness (QED) is 0.508. The minimum atomic E-state index is -4.79. The van der Waals surface area contributed by atoms with Crippen molar-refractivity contribution in [3.05, 3.63) is 34.4 Å². The smallest absolute Gasteiger partial charge is 0.166 e. The summed E-state index contributed by atoms with van der Waals surface area (Å²) in [5, 5.41) is -0.152. The van der Waals surface area contributed by atoms with Gasteiger partial charge in [0.15, 0.2) is 0 Å². The fourth-order valence-electron chi connectivity index (χ4n) is 1.45. The van der Waals surface area contributed by atoms with Crippen LogP contribution in [0.4, 0.5) is 26.3 Å². The molecule has 0 heterocycles. The first-order valence-electron chi connectivity index (χ1n) is 4.41. The largest absolute Gasteiger partial charge is 0.416 e. The minimum absolute atomic E-state index is 0.152. The van der Waals surface area contributed by atoms with Crippen LogP contribution >= 0.6 is 15.9 Å². The van der Waals surface area contributed by atoms with E-state index in [0.717, 1.165) is 13.0 Å². The number of halogens is 7. The number of aryl methyl sites for hydroxylation is 1. The van der Waals surface area contributed by atoms with Crippen LogP contribution in [0, 0.1) is 6.92 Å². The summed E-state index contributed by atoms with van der Waals surface area (Å²) in [5.74, 6) is 0. The van der Waals surface area contributed by atoms with Gasteiger partial charge in [-0.25, -0.2) is 0 Å². The monoisotopic (exact) mass is 320 g/mol. The predicted molar refractivity (Wildman–Crippen MR) is 53.8 cm³/mol. The summed E-state index contributed by atoms with van der Waals surface area (Å²) >= 11 is 2.83. The van der Waals surface area contributed by atoms with Gasteiger partial charge < -0.3 is 0 Å². The van der Waals surface area contributed by atoms with Gasteiger partial charge in [-0.05, 0) is 24.1 Å². The van der Waals surface area contributed by atoms with E-state index in [4.69, 9.17) is 0 Å². The molecule has 0 fully saturated rings. The molecule has 7 heteroatoms. The minimum Gasteiger partial charge on any atom is -0.166 e. The SMILES string of the molecule is Cc1cc(CBr)c(C(F)(F)F)cc1C(F)(F)F. The number of rotatable bonds is 1. The van der Waals surface area contributed by atoms with E-state index < -0.39 is 23.5 Å². The third kappa shape index (κ3) is 3.14. The van der Waals surface area contributed by atoms with Gasteiger partial charge in [0.1, 0.15) is 0 Å². The second-order valence-electron chi connectivity index (χ2n) is 3.45. The molecule has 0 amide bonds. The van der Waals surface area contributed by atoms with E-state index >= 15 is 0 Å². The van der Waals surface area contributed by atoms with Crippen LogP contribution in [0.3, 0.4) is 0 Å². The lowest BCUT2D eigenvalue weighted by atomic mass is 9.99. The van der Waals surface area contributed by atoms with Crippen LogP contribution in [0.5, 0.6) is 0 Å². The summed E-state index contributed by atoms with van der Waals surface area (Å²) in [5.41, 5.74) is -2.94. The molecule has 1 aromatic carbocycles. The van der Waals surface area contributed by atoms with Gasteiger partial charge in [0.25, 0.3) is 0 Å². The Hall–Kier alpha value is -0.720. The lowest BCUT2D eigenvalue weighted by Crippen LogP contribution is -2.14. The van der Waals surface area contributed by atoms with Crippen LogP contribution < -0.4 is 0 Å². The molecular weight excluding hydrogens is 314 g/mol. The lowest BCUT2D eigenvalue weighted by molar-refractivity contribution is -0.143. The molecule has 0 nitrogen and oxygen atoms in total. The van der Waals surface area contributed by atoms with Crippen LogP contribution in [-0.2, 0) is 17.7 Å². The molecule has 96 valence electrons. The molecule has 0 aliphatic carbocycles. The Kier molecular flexibility index (Phi) is 3.81. The van der Waals surface area contributed by atoms with Crippen LogP contribution in [0.25, 0.3) is 0 Å². The zero-order valence-corrected chi connectivity index (χ0v) is 10.1. The van der Waals surface area contributed by atoms with Crippen molar-refractivity contribution < 1.29 is 26.3 Å². The summed E-state index contributed by atoms with van der Waals surface area (Å²) in [6.45, 7) is 1.13. The maximum absolute atomic E-state index is 12.5. The Morgan fingerprint density at radius 2 is 1.41 bits per heavy atom. The number of alkyl halides is 7. The van der Waals surface area contributed by atoms with Crippen molar-refractivity contribution >= 4 is 15.9 Å².